The fourth-order valence-electron chi connectivity index (χ4n) is 4.04. The number of hydrogen-bond acceptors (Lipinski definition) is 3. The monoisotopic (exact) mass is 453 g/mol. The third kappa shape index (κ3) is 4.87. The molecule has 0 spiro atoms. The van der Waals surface area contributed by atoms with Crippen molar-refractivity contribution < 1.29 is 27.4 Å². The first-order valence-electron chi connectivity index (χ1n) is 10.4. The predicted molar refractivity (Wildman–Crippen MR) is 120 cm³/mol. The lowest BCUT2D eigenvalue weighted by atomic mass is 9.98. The van der Waals surface area contributed by atoms with E-state index in [1.165, 1.54) is 25.3 Å². The molecule has 33 heavy (non-hydrogen) atoms. The third-order valence-electron chi connectivity index (χ3n) is 5.55. The van der Waals surface area contributed by atoms with E-state index >= 15 is 0 Å². The van der Waals surface area contributed by atoms with Gasteiger partial charge in [-0.15, -0.1) is 0 Å². The Kier molecular flexibility index (Phi) is 6.40. The Hall–Kier alpha value is -3.74. The van der Waals surface area contributed by atoms with Crippen LogP contribution in [-0.4, -0.2) is 26.4 Å². The smallest absolute Gasteiger partial charge is 0.419 e. The number of alkyl carbamates (subject to hydrolysis) is 1. The number of methoxy groups -OCH3 is 1. The first-order valence-corrected chi connectivity index (χ1v) is 10.4. The average Bonchev–Trinajstić information content (AvgIpc) is 3.13. The number of hydrogen-bond donors (Lipinski definition) is 1. The molecule has 1 aliphatic rings. The summed E-state index contributed by atoms with van der Waals surface area (Å²) in [7, 11) is 1.19. The van der Waals surface area contributed by atoms with Gasteiger partial charge in [0.2, 0.25) is 0 Å². The fraction of sp³-hybridized carbons (Fsp3) is 0.192. The molecule has 4 nitrogen and oxygen atoms in total. The van der Waals surface area contributed by atoms with Gasteiger partial charge in [0.05, 0.1) is 12.7 Å². The normalized spacial score (nSPS) is 13.0. The van der Waals surface area contributed by atoms with E-state index in [0.29, 0.717) is 5.56 Å². The number of carbonyl (C=O) groups excluding carboxylic acids is 1. The lowest BCUT2D eigenvalue weighted by Gasteiger charge is -2.14. The van der Waals surface area contributed by atoms with Gasteiger partial charge >= 0.3 is 12.3 Å². The van der Waals surface area contributed by atoms with E-state index in [9.17, 15) is 18.0 Å². The molecule has 0 bridgehead atoms. The van der Waals surface area contributed by atoms with E-state index in [0.717, 1.165) is 28.3 Å². The summed E-state index contributed by atoms with van der Waals surface area (Å²) in [5, 5.41) is 2.60. The van der Waals surface area contributed by atoms with Crippen LogP contribution in [0.1, 0.15) is 28.2 Å². The zero-order chi connectivity index (χ0) is 23.4. The fourth-order valence-corrected chi connectivity index (χ4v) is 4.04. The molecule has 0 saturated carbocycles. The van der Waals surface area contributed by atoms with E-state index in [4.69, 9.17) is 9.47 Å². The van der Waals surface area contributed by atoms with Gasteiger partial charge in [0.1, 0.15) is 12.4 Å². The number of carbonyl (C=O) groups is 1. The van der Waals surface area contributed by atoms with Gasteiger partial charge in [0, 0.05) is 12.5 Å². The zero-order valence-corrected chi connectivity index (χ0v) is 17.9. The second-order valence-electron chi connectivity index (χ2n) is 7.57. The second-order valence-corrected chi connectivity index (χ2v) is 7.57. The molecule has 0 saturated heterocycles. The Bertz CT molecular complexity index is 1140. The summed E-state index contributed by atoms with van der Waals surface area (Å²) in [6.45, 7) is 0.307. The number of fused-ring (bicyclic) bond motifs is 3. The molecule has 7 heteroatoms. The van der Waals surface area contributed by atoms with Crippen LogP contribution in [0.5, 0.6) is 5.75 Å². The van der Waals surface area contributed by atoms with E-state index in [1.807, 2.05) is 36.4 Å². The summed E-state index contributed by atoms with van der Waals surface area (Å²) in [6, 6.07) is 19.9. The van der Waals surface area contributed by atoms with Gasteiger partial charge in [-0.1, -0.05) is 66.7 Å². The molecule has 0 aliphatic heterocycles. The van der Waals surface area contributed by atoms with Crippen LogP contribution in [0.2, 0.25) is 0 Å². The SMILES string of the molecule is COc1ccc(C=CCNC(=O)OCC2c3ccccc3-c3ccccc32)cc1C(F)(F)F. The van der Waals surface area contributed by atoms with Crippen LogP contribution in [0, 0.1) is 0 Å². The van der Waals surface area contributed by atoms with Crippen molar-refractivity contribution in [2.45, 2.75) is 12.1 Å². The molecule has 1 aliphatic carbocycles. The summed E-state index contributed by atoms with van der Waals surface area (Å²) in [5.41, 5.74) is 4.01. The van der Waals surface area contributed by atoms with Crippen molar-refractivity contribution in [1.29, 1.82) is 0 Å². The molecule has 0 fully saturated rings. The van der Waals surface area contributed by atoms with Gasteiger partial charge in [0.25, 0.3) is 0 Å². The van der Waals surface area contributed by atoms with Gasteiger partial charge in [-0.05, 0) is 39.9 Å². The number of benzene rings is 3. The van der Waals surface area contributed by atoms with E-state index in [2.05, 4.69) is 17.4 Å². The average molecular weight is 453 g/mol. The molecule has 0 atom stereocenters. The number of rotatable bonds is 6. The number of nitrogens with one attached hydrogen (secondary N) is 1. The molecule has 170 valence electrons. The Labute approximate surface area is 189 Å². The molecule has 0 heterocycles. The highest BCUT2D eigenvalue weighted by atomic mass is 19.4. The second kappa shape index (κ2) is 9.40. The Morgan fingerprint density at radius 3 is 2.24 bits per heavy atom. The predicted octanol–water partition coefficient (Wildman–Crippen LogP) is 6.27. The molecular weight excluding hydrogens is 431 g/mol. The maximum Gasteiger partial charge on any atom is 0.419 e. The van der Waals surface area contributed by atoms with Gasteiger partial charge in [-0.2, -0.15) is 13.2 Å². The quantitative estimate of drug-likeness (QED) is 0.479. The number of ether oxygens (including phenoxy) is 2. The molecule has 3 aromatic rings. The third-order valence-corrected chi connectivity index (χ3v) is 5.55. The minimum absolute atomic E-state index is 0.0428. The van der Waals surface area contributed by atoms with Crippen molar-refractivity contribution in [3.05, 3.63) is 95.1 Å². The first kappa shape index (κ1) is 22.5. The van der Waals surface area contributed by atoms with Crippen LogP contribution in [0.15, 0.2) is 72.8 Å². The minimum atomic E-state index is -4.52. The summed E-state index contributed by atoms with van der Waals surface area (Å²) >= 11 is 0. The molecule has 0 unspecified atom stereocenters. The minimum Gasteiger partial charge on any atom is -0.496 e. The first-order chi connectivity index (χ1) is 15.9. The lowest BCUT2D eigenvalue weighted by Crippen LogP contribution is -2.26. The topological polar surface area (TPSA) is 47.6 Å². The number of alkyl halides is 3. The van der Waals surface area contributed by atoms with Gasteiger partial charge in [-0.3, -0.25) is 0 Å². The Balaban J connectivity index is 1.33. The van der Waals surface area contributed by atoms with Gasteiger partial charge < -0.3 is 14.8 Å². The van der Waals surface area contributed by atoms with Gasteiger partial charge in [0.15, 0.2) is 0 Å². The molecular formula is C26H22F3NO3. The highest BCUT2D eigenvalue weighted by Crippen LogP contribution is 2.44. The van der Waals surface area contributed by atoms with Crippen molar-refractivity contribution in [1.82, 2.24) is 5.32 Å². The van der Waals surface area contributed by atoms with Crippen LogP contribution in [0.3, 0.4) is 0 Å². The van der Waals surface area contributed by atoms with Crippen LogP contribution >= 0.6 is 0 Å². The van der Waals surface area contributed by atoms with E-state index in [1.54, 1.807) is 6.08 Å². The molecule has 1 amide bonds. The summed E-state index contributed by atoms with van der Waals surface area (Å²) in [4.78, 5) is 12.2. The van der Waals surface area contributed by atoms with Crippen LogP contribution in [0.4, 0.5) is 18.0 Å². The standard InChI is InChI=1S/C26H22F3NO3/c1-32-24-13-12-17(15-23(24)26(27,28)29)7-6-14-30-25(31)33-16-22-20-10-4-2-8-18(20)19-9-3-5-11-21(19)22/h2-13,15,22H,14,16H2,1H3,(H,30,31). The van der Waals surface area contributed by atoms with E-state index in [-0.39, 0.29) is 24.8 Å². The highest BCUT2D eigenvalue weighted by molar-refractivity contribution is 5.79. The number of amides is 1. The maximum atomic E-state index is 13.1. The summed E-state index contributed by atoms with van der Waals surface area (Å²) < 4.78 is 49.6. The molecule has 1 N–H and O–H groups in total. The van der Waals surface area contributed by atoms with Crippen molar-refractivity contribution in [2.24, 2.45) is 0 Å². The molecule has 0 radical (unpaired) electrons. The maximum absolute atomic E-state index is 13.1. The van der Waals surface area contributed by atoms with Crippen molar-refractivity contribution in [2.75, 3.05) is 20.3 Å². The summed E-state index contributed by atoms with van der Waals surface area (Å²) in [6.07, 6.45) is -2.05. The van der Waals surface area contributed by atoms with Crippen LogP contribution in [0.25, 0.3) is 17.2 Å². The molecule has 4 rings (SSSR count). The van der Waals surface area contributed by atoms with Crippen molar-refractivity contribution >= 4 is 12.2 Å². The highest BCUT2D eigenvalue weighted by Gasteiger charge is 2.34. The largest absolute Gasteiger partial charge is 0.496 e. The zero-order valence-electron chi connectivity index (χ0n) is 17.9. The van der Waals surface area contributed by atoms with Gasteiger partial charge in [-0.25, -0.2) is 4.79 Å². The van der Waals surface area contributed by atoms with Crippen molar-refractivity contribution in [3.63, 3.8) is 0 Å². The number of halogens is 3. The van der Waals surface area contributed by atoms with Crippen molar-refractivity contribution in [3.8, 4) is 16.9 Å². The van der Waals surface area contributed by atoms with Crippen LogP contribution in [-0.2, 0) is 10.9 Å². The summed E-state index contributed by atoms with van der Waals surface area (Å²) in [5.74, 6) is -0.282. The van der Waals surface area contributed by atoms with E-state index < -0.39 is 17.8 Å². The lowest BCUT2D eigenvalue weighted by molar-refractivity contribution is -0.138. The molecule has 0 aromatic heterocycles. The molecule has 3 aromatic carbocycles. The Morgan fingerprint density at radius 2 is 1.64 bits per heavy atom. The van der Waals surface area contributed by atoms with Crippen LogP contribution < -0.4 is 10.1 Å². The Morgan fingerprint density at radius 1 is 1.00 bits per heavy atom.